The smallest absolute Gasteiger partial charge is 0.326 e. The van der Waals surface area contributed by atoms with Gasteiger partial charge in [-0.15, -0.1) is 0 Å². The van der Waals surface area contributed by atoms with E-state index in [4.69, 9.17) is 5.11 Å². The van der Waals surface area contributed by atoms with Gasteiger partial charge in [0.2, 0.25) is 0 Å². The fourth-order valence-corrected chi connectivity index (χ4v) is 1.67. The summed E-state index contributed by atoms with van der Waals surface area (Å²) in [6.45, 7) is 0.317. The number of rotatable bonds is 7. The van der Waals surface area contributed by atoms with Gasteiger partial charge in [-0.3, -0.25) is 5.10 Å². The van der Waals surface area contributed by atoms with Gasteiger partial charge >= 0.3 is 12.0 Å². The minimum Gasteiger partial charge on any atom is -0.480 e. The maximum Gasteiger partial charge on any atom is 0.326 e. The van der Waals surface area contributed by atoms with Crippen molar-refractivity contribution < 1.29 is 14.7 Å². The molecule has 0 fully saturated rings. The molecule has 0 aliphatic rings. The zero-order valence-corrected chi connectivity index (χ0v) is 11.0. The highest BCUT2D eigenvalue weighted by Crippen LogP contribution is 1.98. The molecular weight excluding hydrogens is 278 g/mol. The molecule has 0 radical (unpaired) electrons. The van der Waals surface area contributed by atoms with Crippen LogP contribution in [0.25, 0.3) is 0 Å². The summed E-state index contributed by atoms with van der Waals surface area (Å²) in [7, 11) is 0. The lowest BCUT2D eigenvalue weighted by Crippen LogP contribution is -2.47. The first-order valence-electron chi connectivity index (χ1n) is 6.24. The Morgan fingerprint density at radius 1 is 1.43 bits per heavy atom. The molecule has 1 atom stereocenters. The van der Waals surface area contributed by atoms with Crippen molar-refractivity contribution in [3.63, 3.8) is 0 Å². The van der Waals surface area contributed by atoms with E-state index in [-0.39, 0.29) is 6.42 Å². The standard InChI is InChI=1S/C11H15N7O3/c19-10(20)8(3-7-4-12-5-14-7)17-11(21)13-2-1-9-15-6-16-18-9/h4-6,8H,1-3H2,(H,12,14)(H,19,20)(H2,13,17,21)(H,15,16,18)/t8-/m1/s1. The molecule has 112 valence electrons. The molecule has 0 aliphatic heterocycles. The Bertz CT molecular complexity index is 567. The van der Waals surface area contributed by atoms with E-state index >= 15 is 0 Å². The molecule has 0 unspecified atom stereocenters. The Balaban J connectivity index is 1.76. The summed E-state index contributed by atoms with van der Waals surface area (Å²) in [5, 5.41) is 20.4. The van der Waals surface area contributed by atoms with Gasteiger partial charge in [-0.05, 0) is 0 Å². The molecule has 2 amide bonds. The number of nitrogens with one attached hydrogen (secondary N) is 4. The van der Waals surface area contributed by atoms with E-state index in [1.54, 1.807) is 0 Å². The molecule has 5 N–H and O–H groups in total. The van der Waals surface area contributed by atoms with Crippen LogP contribution in [-0.2, 0) is 17.6 Å². The molecule has 0 bridgehead atoms. The minimum atomic E-state index is -1.12. The molecule has 2 aromatic heterocycles. The predicted octanol–water partition coefficient (Wildman–Crippen LogP) is -0.935. The summed E-state index contributed by atoms with van der Waals surface area (Å²) in [6, 6.07) is -1.59. The van der Waals surface area contributed by atoms with Gasteiger partial charge in [0.15, 0.2) is 0 Å². The third-order valence-corrected chi connectivity index (χ3v) is 2.69. The summed E-state index contributed by atoms with van der Waals surface area (Å²) in [5.41, 5.74) is 0.629. The van der Waals surface area contributed by atoms with E-state index in [2.05, 4.69) is 35.8 Å². The summed E-state index contributed by atoms with van der Waals surface area (Å²) >= 11 is 0. The lowest BCUT2D eigenvalue weighted by molar-refractivity contribution is -0.139. The number of carboxylic acids is 1. The SMILES string of the molecule is O=C(NCCc1ncn[nH]1)N[C@H](Cc1cnc[nH]1)C(=O)O. The number of aromatic nitrogens is 5. The van der Waals surface area contributed by atoms with E-state index in [1.807, 2.05) is 0 Å². The van der Waals surface area contributed by atoms with E-state index in [0.29, 0.717) is 24.5 Å². The lowest BCUT2D eigenvalue weighted by Gasteiger charge is -2.14. The second-order valence-electron chi connectivity index (χ2n) is 4.25. The number of carbonyl (C=O) groups excluding carboxylic acids is 1. The van der Waals surface area contributed by atoms with Gasteiger partial charge in [-0.1, -0.05) is 0 Å². The second kappa shape index (κ2) is 7.03. The molecule has 21 heavy (non-hydrogen) atoms. The fourth-order valence-electron chi connectivity index (χ4n) is 1.67. The summed E-state index contributed by atoms with van der Waals surface area (Å²) < 4.78 is 0. The van der Waals surface area contributed by atoms with Gasteiger partial charge in [-0.2, -0.15) is 5.10 Å². The third kappa shape index (κ3) is 4.60. The number of imidazole rings is 1. The number of hydrogen-bond donors (Lipinski definition) is 5. The predicted molar refractivity (Wildman–Crippen MR) is 70.3 cm³/mol. The molecule has 0 aromatic carbocycles. The number of amides is 2. The Labute approximate surface area is 119 Å². The average molecular weight is 293 g/mol. The molecule has 2 heterocycles. The minimum absolute atomic E-state index is 0.130. The highest BCUT2D eigenvalue weighted by atomic mass is 16.4. The Kier molecular flexibility index (Phi) is 4.85. The van der Waals surface area contributed by atoms with E-state index in [9.17, 15) is 9.59 Å². The number of carbonyl (C=O) groups is 2. The third-order valence-electron chi connectivity index (χ3n) is 2.69. The van der Waals surface area contributed by atoms with Crippen LogP contribution < -0.4 is 10.6 Å². The van der Waals surface area contributed by atoms with Gasteiger partial charge in [0.05, 0.1) is 6.33 Å². The first-order chi connectivity index (χ1) is 10.1. The lowest BCUT2D eigenvalue weighted by atomic mass is 10.2. The second-order valence-corrected chi connectivity index (χ2v) is 4.25. The van der Waals surface area contributed by atoms with Gasteiger partial charge in [0.25, 0.3) is 0 Å². The van der Waals surface area contributed by atoms with Crippen LogP contribution in [0.1, 0.15) is 11.5 Å². The first-order valence-corrected chi connectivity index (χ1v) is 6.24. The molecule has 0 saturated carbocycles. The van der Waals surface area contributed by atoms with Crippen LogP contribution in [0.2, 0.25) is 0 Å². The van der Waals surface area contributed by atoms with E-state index in [1.165, 1.54) is 18.9 Å². The monoisotopic (exact) mass is 293 g/mol. The van der Waals surface area contributed by atoms with Crippen LogP contribution in [0.5, 0.6) is 0 Å². The van der Waals surface area contributed by atoms with Gasteiger partial charge in [-0.25, -0.2) is 19.6 Å². The maximum absolute atomic E-state index is 11.7. The van der Waals surface area contributed by atoms with Gasteiger partial charge in [0.1, 0.15) is 18.2 Å². The zero-order valence-electron chi connectivity index (χ0n) is 11.0. The van der Waals surface area contributed by atoms with E-state index < -0.39 is 18.0 Å². The van der Waals surface area contributed by atoms with Crippen LogP contribution in [0.4, 0.5) is 4.79 Å². The van der Waals surface area contributed by atoms with Crippen LogP contribution >= 0.6 is 0 Å². The van der Waals surface area contributed by atoms with E-state index in [0.717, 1.165) is 0 Å². The van der Waals surface area contributed by atoms with Crippen LogP contribution in [-0.4, -0.2) is 54.8 Å². The number of aromatic amines is 2. The molecule has 2 aromatic rings. The Hall–Kier alpha value is -2.91. The van der Waals surface area contributed by atoms with Crippen LogP contribution in [0, 0.1) is 0 Å². The molecule has 10 nitrogen and oxygen atoms in total. The quantitative estimate of drug-likeness (QED) is 0.445. The zero-order chi connectivity index (χ0) is 15.1. The largest absolute Gasteiger partial charge is 0.480 e. The van der Waals surface area contributed by atoms with Crippen molar-refractivity contribution in [3.05, 3.63) is 30.4 Å². The fraction of sp³-hybridized carbons (Fsp3) is 0.364. The Morgan fingerprint density at radius 3 is 2.90 bits per heavy atom. The van der Waals surface area contributed by atoms with Crippen molar-refractivity contribution >= 4 is 12.0 Å². The number of urea groups is 1. The average Bonchev–Trinajstić information content (AvgIpc) is 3.10. The normalized spacial score (nSPS) is 11.8. The highest BCUT2D eigenvalue weighted by Gasteiger charge is 2.20. The highest BCUT2D eigenvalue weighted by molar-refractivity contribution is 5.82. The molecule has 2 rings (SSSR count). The number of aliphatic carboxylic acids is 1. The summed E-state index contributed by atoms with van der Waals surface area (Å²) in [6.07, 6.45) is 4.95. The first kappa shape index (κ1) is 14.5. The van der Waals surface area contributed by atoms with Crippen LogP contribution in [0.15, 0.2) is 18.9 Å². The number of H-pyrrole nitrogens is 2. The number of carboxylic acid groups (broad SMARTS) is 1. The molecule has 0 spiro atoms. The van der Waals surface area contributed by atoms with Gasteiger partial charge in [0, 0.05) is 31.3 Å². The van der Waals surface area contributed by atoms with Crippen molar-refractivity contribution in [2.24, 2.45) is 0 Å². The van der Waals surface area contributed by atoms with Gasteiger partial charge < -0.3 is 20.7 Å². The maximum atomic E-state index is 11.7. The molecular formula is C11H15N7O3. The number of hydrogen-bond acceptors (Lipinski definition) is 5. The van der Waals surface area contributed by atoms with Crippen molar-refractivity contribution in [1.29, 1.82) is 0 Å². The van der Waals surface area contributed by atoms with Crippen molar-refractivity contribution in [1.82, 2.24) is 35.8 Å². The van der Waals surface area contributed by atoms with Crippen molar-refractivity contribution in [2.75, 3.05) is 6.54 Å². The molecule has 0 aliphatic carbocycles. The molecule has 10 heteroatoms. The Morgan fingerprint density at radius 2 is 2.29 bits per heavy atom. The van der Waals surface area contributed by atoms with Crippen LogP contribution in [0.3, 0.4) is 0 Å². The van der Waals surface area contributed by atoms with Crippen molar-refractivity contribution in [3.8, 4) is 0 Å². The summed E-state index contributed by atoms with van der Waals surface area (Å²) in [5.74, 6) is -0.475. The number of nitrogens with zero attached hydrogens (tertiary/aromatic N) is 3. The molecule has 0 saturated heterocycles. The van der Waals surface area contributed by atoms with Crippen molar-refractivity contribution in [2.45, 2.75) is 18.9 Å². The summed E-state index contributed by atoms with van der Waals surface area (Å²) in [4.78, 5) is 33.3. The topological polar surface area (TPSA) is 149 Å².